The van der Waals surface area contributed by atoms with Crippen LogP contribution in [0.15, 0.2) is 24.4 Å². The topological polar surface area (TPSA) is 92.2 Å². The molecule has 4 rings (SSSR count). The van der Waals surface area contributed by atoms with E-state index in [1.165, 1.54) is 15.9 Å². The summed E-state index contributed by atoms with van der Waals surface area (Å²) in [6, 6.07) is 6.00. The maximum atomic E-state index is 12.3. The molecule has 136 valence electrons. The number of benzene rings is 1. The maximum absolute atomic E-state index is 12.3. The van der Waals surface area contributed by atoms with Crippen LogP contribution in [0.4, 0.5) is 17.2 Å². The third kappa shape index (κ3) is 3.68. The molecule has 26 heavy (non-hydrogen) atoms. The molecule has 2 aromatic rings. The summed E-state index contributed by atoms with van der Waals surface area (Å²) < 4.78 is 1.42. The van der Waals surface area contributed by atoms with Gasteiger partial charge in [0.1, 0.15) is 6.54 Å². The summed E-state index contributed by atoms with van der Waals surface area (Å²) in [5.41, 5.74) is 3.26. The van der Waals surface area contributed by atoms with Gasteiger partial charge in [-0.3, -0.25) is 9.59 Å². The predicted molar refractivity (Wildman–Crippen MR) is 98.0 cm³/mol. The van der Waals surface area contributed by atoms with Crippen molar-refractivity contribution in [3.05, 3.63) is 30.0 Å². The SMILES string of the molecule is CN1CCCc2cc(NC(=O)Cn3cc(NC(=O)C4CC4)nn3)ccc21. The number of carbonyl (C=O) groups excluding carboxylic acids is 2. The van der Waals surface area contributed by atoms with E-state index in [0.717, 1.165) is 37.9 Å². The van der Waals surface area contributed by atoms with Gasteiger partial charge >= 0.3 is 0 Å². The minimum absolute atomic E-state index is 0.0273. The molecule has 1 aliphatic carbocycles. The minimum Gasteiger partial charge on any atom is -0.374 e. The zero-order valence-electron chi connectivity index (χ0n) is 14.7. The normalized spacial score (nSPS) is 16.1. The second-order valence-electron chi connectivity index (χ2n) is 6.98. The quantitative estimate of drug-likeness (QED) is 0.852. The molecule has 0 spiro atoms. The van der Waals surface area contributed by atoms with Crippen LogP contribution in [0.1, 0.15) is 24.8 Å². The number of nitrogens with one attached hydrogen (secondary N) is 2. The molecule has 2 amide bonds. The van der Waals surface area contributed by atoms with Crippen LogP contribution in [0, 0.1) is 5.92 Å². The molecular formula is C18H22N6O2. The summed E-state index contributed by atoms with van der Waals surface area (Å²) in [7, 11) is 2.08. The molecule has 2 aliphatic rings. The van der Waals surface area contributed by atoms with Gasteiger partial charge in [-0.05, 0) is 49.4 Å². The summed E-state index contributed by atoms with van der Waals surface area (Å²) >= 11 is 0. The standard InChI is InChI=1S/C18H22N6O2/c1-23-8-2-3-13-9-14(6-7-15(13)23)19-17(25)11-24-10-16(21-22-24)20-18(26)12-4-5-12/h6-7,9-10,12H,2-5,8,11H2,1H3,(H,19,25)(H,20,26). The lowest BCUT2D eigenvalue weighted by atomic mass is 10.0. The summed E-state index contributed by atoms with van der Waals surface area (Å²) in [5, 5.41) is 13.4. The van der Waals surface area contributed by atoms with Crippen LogP contribution in [-0.2, 0) is 22.6 Å². The lowest BCUT2D eigenvalue weighted by molar-refractivity contribution is -0.117. The Bertz CT molecular complexity index is 842. The Hall–Kier alpha value is -2.90. The first-order chi connectivity index (χ1) is 12.6. The number of amides is 2. The van der Waals surface area contributed by atoms with Crippen LogP contribution < -0.4 is 15.5 Å². The molecule has 0 atom stereocenters. The molecular weight excluding hydrogens is 332 g/mol. The zero-order valence-corrected chi connectivity index (χ0v) is 14.7. The number of rotatable bonds is 5. The Kier molecular flexibility index (Phi) is 4.32. The monoisotopic (exact) mass is 354 g/mol. The van der Waals surface area contributed by atoms with Crippen molar-refractivity contribution < 1.29 is 9.59 Å². The van der Waals surface area contributed by atoms with Crippen molar-refractivity contribution in [1.82, 2.24) is 15.0 Å². The lowest BCUT2D eigenvalue weighted by Gasteiger charge is -2.27. The van der Waals surface area contributed by atoms with Gasteiger partial charge in [-0.2, -0.15) is 0 Å². The summed E-state index contributed by atoms with van der Waals surface area (Å²) in [6.07, 6.45) is 5.57. The fourth-order valence-corrected chi connectivity index (χ4v) is 3.22. The van der Waals surface area contributed by atoms with Crippen LogP contribution in [0.25, 0.3) is 0 Å². The smallest absolute Gasteiger partial charge is 0.246 e. The molecule has 0 radical (unpaired) electrons. The van der Waals surface area contributed by atoms with Gasteiger partial charge in [0.2, 0.25) is 11.8 Å². The highest BCUT2D eigenvalue weighted by Gasteiger charge is 2.30. The number of aryl methyl sites for hydroxylation is 1. The predicted octanol–water partition coefficient (Wildman–Crippen LogP) is 1.65. The molecule has 1 saturated carbocycles. The maximum Gasteiger partial charge on any atom is 0.246 e. The van der Waals surface area contributed by atoms with Gasteiger partial charge in [-0.1, -0.05) is 5.21 Å². The fraction of sp³-hybridized carbons (Fsp3) is 0.444. The number of aromatic nitrogens is 3. The Morgan fingerprint density at radius 1 is 1.27 bits per heavy atom. The molecule has 1 aliphatic heterocycles. The third-order valence-electron chi connectivity index (χ3n) is 4.76. The summed E-state index contributed by atoms with van der Waals surface area (Å²) in [5.74, 6) is 0.276. The van der Waals surface area contributed by atoms with Crippen molar-refractivity contribution in [3.63, 3.8) is 0 Å². The fourth-order valence-electron chi connectivity index (χ4n) is 3.22. The molecule has 0 bridgehead atoms. The molecule has 2 heterocycles. The average molecular weight is 354 g/mol. The van der Waals surface area contributed by atoms with E-state index in [-0.39, 0.29) is 24.3 Å². The van der Waals surface area contributed by atoms with E-state index in [0.29, 0.717) is 5.82 Å². The van der Waals surface area contributed by atoms with Crippen LogP contribution in [0.5, 0.6) is 0 Å². The first-order valence-electron chi connectivity index (χ1n) is 8.93. The average Bonchev–Trinajstić information content (AvgIpc) is 3.37. The molecule has 0 saturated heterocycles. The molecule has 8 heteroatoms. The number of nitrogens with zero attached hydrogens (tertiary/aromatic N) is 4. The van der Waals surface area contributed by atoms with Gasteiger partial charge in [0.15, 0.2) is 5.82 Å². The molecule has 1 fully saturated rings. The van der Waals surface area contributed by atoms with Crippen LogP contribution in [-0.4, -0.2) is 40.4 Å². The van der Waals surface area contributed by atoms with Crippen molar-refractivity contribution in [1.29, 1.82) is 0 Å². The van der Waals surface area contributed by atoms with Gasteiger partial charge in [-0.25, -0.2) is 4.68 Å². The van der Waals surface area contributed by atoms with Crippen LogP contribution in [0.2, 0.25) is 0 Å². The van der Waals surface area contributed by atoms with E-state index in [9.17, 15) is 9.59 Å². The highest BCUT2D eigenvalue weighted by Crippen LogP contribution is 2.30. The zero-order chi connectivity index (χ0) is 18.1. The number of fused-ring (bicyclic) bond motifs is 1. The molecule has 1 aromatic heterocycles. The molecule has 2 N–H and O–H groups in total. The number of anilines is 3. The van der Waals surface area contributed by atoms with Crippen molar-refractivity contribution in [3.8, 4) is 0 Å². The minimum atomic E-state index is -0.181. The first kappa shape index (κ1) is 16.6. The van der Waals surface area contributed by atoms with E-state index < -0.39 is 0 Å². The van der Waals surface area contributed by atoms with E-state index in [1.807, 2.05) is 18.2 Å². The van der Waals surface area contributed by atoms with Gasteiger partial charge in [-0.15, -0.1) is 5.10 Å². The van der Waals surface area contributed by atoms with E-state index >= 15 is 0 Å². The Labute approximate surface area is 151 Å². The van der Waals surface area contributed by atoms with Gasteiger partial charge in [0, 0.05) is 30.9 Å². The largest absolute Gasteiger partial charge is 0.374 e. The summed E-state index contributed by atoms with van der Waals surface area (Å²) in [4.78, 5) is 26.2. The van der Waals surface area contributed by atoms with Crippen LogP contribution >= 0.6 is 0 Å². The first-order valence-corrected chi connectivity index (χ1v) is 8.93. The van der Waals surface area contributed by atoms with Crippen molar-refractivity contribution in [2.45, 2.75) is 32.2 Å². The van der Waals surface area contributed by atoms with Gasteiger partial charge < -0.3 is 15.5 Å². The van der Waals surface area contributed by atoms with E-state index in [2.05, 4.69) is 32.9 Å². The van der Waals surface area contributed by atoms with E-state index in [1.54, 1.807) is 6.20 Å². The number of hydrogen-bond donors (Lipinski definition) is 2. The molecule has 1 aromatic carbocycles. The molecule has 8 nitrogen and oxygen atoms in total. The highest BCUT2D eigenvalue weighted by atomic mass is 16.2. The number of hydrogen-bond acceptors (Lipinski definition) is 5. The van der Waals surface area contributed by atoms with Gasteiger partial charge in [0.05, 0.1) is 6.20 Å². The third-order valence-corrected chi connectivity index (χ3v) is 4.76. The highest BCUT2D eigenvalue weighted by molar-refractivity contribution is 5.93. The van der Waals surface area contributed by atoms with Crippen molar-refractivity contribution in [2.24, 2.45) is 5.92 Å². The Morgan fingerprint density at radius 2 is 2.12 bits per heavy atom. The van der Waals surface area contributed by atoms with Crippen LogP contribution in [0.3, 0.4) is 0 Å². The van der Waals surface area contributed by atoms with E-state index in [4.69, 9.17) is 0 Å². The molecule has 0 unspecified atom stereocenters. The van der Waals surface area contributed by atoms with Crippen molar-refractivity contribution >= 4 is 29.0 Å². The Morgan fingerprint density at radius 3 is 2.92 bits per heavy atom. The van der Waals surface area contributed by atoms with Crippen molar-refractivity contribution in [2.75, 3.05) is 29.1 Å². The summed E-state index contributed by atoms with van der Waals surface area (Å²) in [6.45, 7) is 1.11. The second-order valence-corrected chi connectivity index (χ2v) is 6.98. The van der Waals surface area contributed by atoms with Gasteiger partial charge in [0.25, 0.3) is 0 Å². The number of carbonyl (C=O) groups is 2. The second kappa shape index (κ2) is 6.78. The lowest BCUT2D eigenvalue weighted by Crippen LogP contribution is -2.25. The Balaban J connectivity index is 1.35.